The van der Waals surface area contributed by atoms with Gasteiger partial charge in [-0.25, -0.2) is 4.39 Å². The molecule has 2 aromatic heterocycles. The van der Waals surface area contributed by atoms with Gasteiger partial charge in [-0.15, -0.1) is 18.2 Å². The van der Waals surface area contributed by atoms with Gasteiger partial charge in [-0.1, -0.05) is 17.7 Å². The summed E-state index contributed by atoms with van der Waals surface area (Å²) >= 11 is 0. The van der Waals surface area contributed by atoms with E-state index < -0.39 is 0 Å². The zero-order chi connectivity index (χ0) is 16.0. The van der Waals surface area contributed by atoms with Crippen LogP contribution in [0.25, 0.3) is 28.1 Å². The first-order valence-electron chi connectivity index (χ1n) is 7.29. The van der Waals surface area contributed by atoms with Crippen LogP contribution >= 0.6 is 0 Å². The Morgan fingerprint density at radius 2 is 1.96 bits per heavy atom. The van der Waals surface area contributed by atoms with Crippen molar-refractivity contribution in [2.45, 2.75) is 6.92 Å². The second-order valence-electron chi connectivity index (χ2n) is 5.38. The third-order valence-corrected chi connectivity index (χ3v) is 4.03. The van der Waals surface area contributed by atoms with Crippen LogP contribution in [0.15, 0.2) is 48.8 Å². The van der Waals surface area contributed by atoms with Gasteiger partial charge in [0.25, 0.3) is 0 Å². The molecule has 0 saturated heterocycles. The maximum absolute atomic E-state index is 14.2. The van der Waals surface area contributed by atoms with Crippen molar-refractivity contribution in [2.24, 2.45) is 7.05 Å². The van der Waals surface area contributed by atoms with Crippen LogP contribution in [-0.2, 0) is 27.2 Å². The summed E-state index contributed by atoms with van der Waals surface area (Å²) < 4.78 is 17.9. The van der Waals surface area contributed by atoms with Gasteiger partial charge in [0.1, 0.15) is 5.82 Å². The predicted octanol–water partition coefficient (Wildman–Crippen LogP) is 3.67. The van der Waals surface area contributed by atoms with Crippen LogP contribution in [0.2, 0.25) is 0 Å². The zero-order valence-corrected chi connectivity index (χ0v) is 15.5. The largest absolute Gasteiger partial charge is 0.371 e. The molecular weight excluding hydrogens is 483 g/mol. The van der Waals surface area contributed by atoms with Crippen LogP contribution in [-0.4, -0.2) is 19.1 Å². The van der Waals surface area contributed by atoms with E-state index in [1.807, 2.05) is 30.7 Å². The number of aryl methyl sites for hydroxylation is 2. The summed E-state index contributed by atoms with van der Waals surface area (Å²) in [5.41, 5.74) is 3.08. The molecule has 2 aromatic carbocycles. The molecule has 0 amide bonds. The number of hydrogen-bond donors (Lipinski definition) is 0. The summed E-state index contributed by atoms with van der Waals surface area (Å²) in [6, 6.07) is 13.6. The summed E-state index contributed by atoms with van der Waals surface area (Å²) in [6.45, 7) is 1.95. The molecule has 0 aliphatic heterocycles. The number of aromatic nitrogens is 4. The van der Waals surface area contributed by atoms with Gasteiger partial charge in [0, 0.05) is 45.1 Å². The van der Waals surface area contributed by atoms with Gasteiger partial charge in [0.15, 0.2) is 0 Å². The molecule has 4 rings (SSSR count). The van der Waals surface area contributed by atoms with E-state index in [9.17, 15) is 4.39 Å². The Kier molecular flexibility index (Phi) is 4.35. The van der Waals surface area contributed by atoms with E-state index in [2.05, 4.69) is 16.0 Å². The standard InChI is InChI=1S/C18H14FN4.Ir/c1-12-21-15-8-5-6-13(17(15)22(12)2)18-20-10-11-23(18)16-9-4-3-7-14(16)19;/h3-5,7-11H,1-2H3;/q-1;. The molecule has 0 fully saturated rings. The topological polar surface area (TPSA) is 35.6 Å². The van der Waals surface area contributed by atoms with Gasteiger partial charge in [-0.3, -0.25) is 9.97 Å². The Morgan fingerprint density at radius 3 is 2.75 bits per heavy atom. The average molecular weight is 498 g/mol. The Hall–Kier alpha value is -2.30. The average Bonchev–Trinajstić information content (AvgIpc) is 3.13. The molecule has 0 saturated carbocycles. The maximum Gasteiger partial charge on any atom is 0.146 e. The molecule has 4 nitrogen and oxygen atoms in total. The van der Waals surface area contributed by atoms with Crippen molar-refractivity contribution < 1.29 is 24.5 Å². The maximum atomic E-state index is 14.2. The molecule has 4 aromatic rings. The molecule has 0 unspecified atom stereocenters. The van der Waals surface area contributed by atoms with Gasteiger partial charge in [-0.2, -0.15) is 0 Å². The first-order chi connectivity index (χ1) is 11.2. The van der Waals surface area contributed by atoms with Crippen molar-refractivity contribution in [1.29, 1.82) is 0 Å². The van der Waals surface area contributed by atoms with E-state index in [4.69, 9.17) is 0 Å². The molecule has 2 heterocycles. The van der Waals surface area contributed by atoms with Crippen LogP contribution < -0.4 is 0 Å². The number of benzene rings is 2. The van der Waals surface area contributed by atoms with Gasteiger partial charge in [0.05, 0.1) is 17.3 Å². The van der Waals surface area contributed by atoms with Crippen molar-refractivity contribution in [3.05, 3.63) is 66.5 Å². The minimum Gasteiger partial charge on any atom is -0.371 e. The van der Waals surface area contributed by atoms with E-state index in [1.54, 1.807) is 35.2 Å². The summed E-state index contributed by atoms with van der Waals surface area (Å²) in [5, 5.41) is 0. The first kappa shape index (κ1) is 16.6. The second kappa shape index (κ2) is 6.30. The number of hydrogen-bond acceptors (Lipinski definition) is 2. The summed E-state index contributed by atoms with van der Waals surface area (Å²) in [6.07, 6.45) is 3.42. The fourth-order valence-electron chi connectivity index (χ4n) is 2.82. The molecule has 6 heteroatoms. The molecule has 0 aliphatic rings. The zero-order valence-electron chi connectivity index (χ0n) is 13.1. The minimum atomic E-state index is -0.292. The normalized spacial score (nSPS) is 10.8. The van der Waals surface area contributed by atoms with Crippen LogP contribution in [0.4, 0.5) is 4.39 Å². The number of imidazole rings is 2. The van der Waals surface area contributed by atoms with Crippen LogP contribution in [0.3, 0.4) is 0 Å². The van der Waals surface area contributed by atoms with E-state index in [-0.39, 0.29) is 25.9 Å². The molecule has 0 N–H and O–H groups in total. The van der Waals surface area contributed by atoms with Crippen LogP contribution in [0, 0.1) is 18.8 Å². The molecule has 24 heavy (non-hydrogen) atoms. The fourth-order valence-corrected chi connectivity index (χ4v) is 2.82. The summed E-state index contributed by atoms with van der Waals surface area (Å²) in [7, 11) is 1.96. The van der Waals surface area contributed by atoms with Gasteiger partial charge in [0.2, 0.25) is 0 Å². The summed E-state index contributed by atoms with van der Waals surface area (Å²) in [5.74, 6) is 1.26. The molecule has 1 radical (unpaired) electrons. The molecule has 0 atom stereocenters. The van der Waals surface area contributed by atoms with Crippen molar-refractivity contribution in [3.8, 4) is 17.1 Å². The van der Waals surface area contributed by atoms with Crippen molar-refractivity contribution in [1.82, 2.24) is 19.1 Å². The number of halogens is 1. The third kappa shape index (κ3) is 2.48. The Balaban J connectivity index is 0.00000169. The van der Waals surface area contributed by atoms with Crippen molar-refractivity contribution >= 4 is 11.0 Å². The van der Waals surface area contributed by atoms with Crippen molar-refractivity contribution in [3.63, 3.8) is 0 Å². The molecule has 0 aliphatic carbocycles. The van der Waals surface area contributed by atoms with E-state index >= 15 is 0 Å². The number of fused-ring (bicyclic) bond motifs is 1. The van der Waals surface area contributed by atoms with E-state index in [1.165, 1.54) is 6.07 Å². The van der Waals surface area contributed by atoms with Gasteiger partial charge < -0.3 is 9.13 Å². The van der Waals surface area contributed by atoms with E-state index in [0.717, 1.165) is 22.4 Å². The Bertz CT molecular complexity index is 1020. The monoisotopic (exact) mass is 498 g/mol. The van der Waals surface area contributed by atoms with Crippen molar-refractivity contribution in [2.75, 3.05) is 0 Å². The van der Waals surface area contributed by atoms with E-state index in [0.29, 0.717) is 11.5 Å². The number of rotatable bonds is 2. The van der Waals surface area contributed by atoms with Gasteiger partial charge >= 0.3 is 0 Å². The third-order valence-electron chi connectivity index (χ3n) is 4.03. The molecule has 123 valence electrons. The number of nitrogens with zero attached hydrogens (tertiary/aromatic N) is 4. The fraction of sp³-hybridized carbons (Fsp3) is 0.111. The molecular formula is C18H14FIrN4-. The summed E-state index contributed by atoms with van der Waals surface area (Å²) in [4.78, 5) is 8.96. The first-order valence-corrected chi connectivity index (χ1v) is 7.29. The van der Waals surface area contributed by atoms with Crippen LogP contribution in [0.5, 0.6) is 0 Å². The Morgan fingerprint density at radius 1 is 1.17 bits per heavy atom. The second-order valence-corrected chi connectivity index (χ2v) is 5.38. The quantitative estimate of drug-likeness (QED) is 0.396. The Labute approximate surface area is 152 Å². The SMILES string of the molecule is Cc1nc2cc[c-]c(-c3nccn3-c3ccccc3F)c2n1C.[Ir]. The van der Waals surface area contributed by atoms with Gasteiger partial charge in [-0.05, 0) is 24.6 Å². The van der Waals surface area contributed by atoms with Crippen LogP contribution in [0.1, 0.15) is 5.82 Å². The number of para-hydroxylation sites is 1. The molecule has 0 spiro atoms. The smallest absolute Gasteiger partial charge is 0.146 e. The molecule has 0 bridgehead atoms. The minimum absolute atomic E-state index is 0. The predicted molar refractivity (Wildman–Crippen MR) is 86.8 cm³/mol.